The molecule has 1 aromatic rings. The lowest BCUT2D eigenvalue weighted by Gasteiger charge is -2.28. The number of urea groups is 1. The second kappa shape index (κ2) is 9.66. The molecular weight excluding hydrogens is 358 g/mol. The van der Waals surface area contributed by atoms with E-state index >= 15 is 0 Å². The highest BCUT2D eigenvalue weighted by Gasteiger charge is 2.23. The van der Waals surface area contributed by atoms with Gasteiger partial charge >= 0.3 is 6.03 Å². The van der Waals surface area contributed by atoms with Crippen molar-refractivity contribution in [2.75, 3.05) is 26.4 Å². The number of ether oxygens (including phenoxy) is 2. The first-order valence-corrected chi connectivity index (χ1v) is 10.2. The van der Waals surface area contributed by atoms with Crippen LogP contribution in [0.4, 0.5) is 4.79 Å². The topological polar surface area (TPSA) is 88.7 Å². The third-order valence-corrected chi connectivity index (χ3v) is 5.37. The predicted octanol–water partition coefficient (Wildman–Crippen LogP) is 2.91. The van der Waals surface area contributed by atoms with Gasteiger partial charge in [-0.25, -0.2) is 4.79 Å². The number of nitrogens with one attached hydrogen (secondary N) is 3. The van der Waals surface area contributed by atoms with Crippen molar-refractivity contribution >= 4 is 11.9 Å². The van der Waals surface area contributed by atoms with Crippen LogP contribution in [-0.4, -0.2) is 38.4 Å². The van der Waals surface area contributed by atoms with Crippen molar-refractivity contribution < 1.29 is 19.1 Å². The van der Waals surface area contributed by atoms with Gasteiger partial charge in [0.2, 0.25) is 6.79 Å². The smallest absolute Gasteiger partial charge is 0.314 e. The van der Waals surface area contributed by atoms with Gasteiger partial charge in [-0.05, 0) is 61.6 Å². The van der Waals surface area contributed by atoms with Crippen LogP contribution in [0, 0.1) is 17.8 Å². The number of fused-ring (bicyclic) bond motifs is 1. The zero-order valence-electron chi connectivity index (χ0n) is 16.8. The van der Waals surface area contributed by atoms with E-state index in [0.29, 0.717) is 47.9 Å². The summed E-state index contributed by atoms with van der Waals surface area (Å²) in [6, 6.07) is 5.18. The summed E-state index contributed by atoms with van der Waals surface area (Å²) in [4.78, 5) is 24.1. The largest absolute Gasteiger partial charge is 0.454 e. The highest BCUT2D eigenvalue weighted by Crippen LogP contribution is 2.32. The Morgan fingerprint density at radius 3 is 2.29 bits per heavy atom. The van der Waals surface area contributed by atoms with Crippen molar-refractivity contribution in [3.8, 4) is 11.5 Å². The van der Waals surface area contributed by atoms with Crippen molar-refractivity contribution in [2.45, 2.75) is 39.5 Å². The van der Waals surface area contributed by atoms with Gasteiger partial charge in [-0.15, -0.1) is 0 Å². The highest BCUT2D eigenvalue weighted by molar-refractivity contribution is 5.94. The van der Waals surface area contributed by atoms with Crippen LogP contribution in [0.5, 0.6) is 11.5 Å². The third kappa shape index (κ3) is 5.78. The standard InChI is InChI=1S/C21H31N3O4/c1-14(2)10-23-21(26)24-12-16-5-3-15(4-6-16)11-22-20(25)17-7-8-18-19(9-17)28-13-27-18/h7-9,14-16H,3-6,10-13H2,1-2H3,(H,22,25)(H2,23,24,26). The minimum Gasteiger partial charge on any atom is -0.454 e. The zero-order chi connectivity index (χ0) is 19.9. The zero-order valence-corrected chi connectivity index (χ0v) is 16.8. The molecule has 1 aromatic carbocycles. The fraction of sp³-hybridized carbons (Fsp3) is 0.619. The van der Waals surface area contributed by atoms with Crippen molar-refractivity contribution in [2.24, 2.45) is 17.8 Å². The molecule has 0 aromatic heterocycles. The number of carbonyl (C=O) groups excluding carboxylic acids is 2. The van der Waals surface area contributed by atoms with Crippen molar-refractivity contribution in [1.29, 1.82) is 0 Å². The fourth-order valence-electron chi connectivity index (χ4n) is 3.61. The first-order valence-electron chi connectivity index (χ1n) is 10.2. The van der Waals surface area contributed by atoms with E-state index in [0.717, 1.165) is 32.2 Å². The lowest BCUT2D eigenvalue weighted by atomic mass is 9.82. The van der Waals surface area contributed by atoms with Gasteiger partial charge in [-0.3, -0.25) is 4.79 Å². The second-order valence-electron chi connectivity index (χ2n) is 8.15. The van der Waals surface area contributed by atoms with Gasteiger partial charge in [-0.2, -0.15) is 0 Å². The Morgan fingerprint density at radius 1 is 0.964 bits per heavy atom. The average molecular weight is 389 g/mol. The van der Waals surface area contributed by atoms with E-state index in [9.17, 15) is 9.59 Å². The molecule has 3 amide bonds. The van der Waals surface area contributed by atoms with Crippen LogP contribution in [0.1, 0.15) is 49.9 Å². The molecule has 154 valence electrons. The molecule has 1 aliphatic carbocycles. The maximum Gasteiger partial charge on any atom is 0.314 e. The molecule has 1 saturated carbocycles. The van der Waals surface area contributed by atoms with Crippen LogP contribution in [0.3, 0.4) is 0 Å². The van der Waals surface area contributed by atoms with Crippen LogP contribution in [0.2, 0.25) is 0 Å². The van der Waals surface area contributed by atoms with Crippen LogP contribution >= 0.6 is 0 Å². The minimum absolute atomic E-state index is 0.0770. The molecule has 0 unspecified atom stereocenters. The molecule has 0 saturated heterocycles. The first kappa shape index (κ1) is 20.3. The van der Waals surface area contributed by atoms with Gasteiger partial charge in [0.15, 0.2) is 11.5 Å². The molecule has 7 nitrogen and oxygen atoms in total. The molecule has 1 fully saturated rings. The number of amides is 3. The molecule has 2 aliphatic rings. The van der Waals surface area contributed by atoms with Crippen molar-refractivity contribution in [3.63, 3.8) is 0 Å². The average Bonchev–Trinajstić information content (AvgIpc) is 3.17. The van der Waals surface area contributed by atoms with E-state index in [-0.39, 0.29) is 18.7 Å². The molecule has 3 N–H and O–H groups in total. The minimum atomic E-state index is -0.0797. The maximum atomic E-state index is 12.4. The summed E-state index contributed by atoms with van der Waals surface area (Å²) in [6.45, 7) is 6.46. The summed E-state index contributed by atoms with van der Waals surface area (Å²) in [5, 5.41) is 8.89. The number of benzene rings is 1. The van der Waals surface area contributed by atoms with Crippen LogP contribution in [0.15, 0.2) is 18.2 Å². The quantitative estimate of drug-likeness (QED) is 0.669. The summed E-state index contributed by atoms with van der Waals surface area (Å²) in [6.07, 6.45) is 4.30. The summed E-state index contributed by atoms with van der Waals surface area (Å²) in [5.41, 5.74) is 0.592. The Balaban J connectivity index is 1.33. The Morgan fingerprint density at radius 2 is 1.61 bits per heavy atom. The van der Waals surface area contributed by atoms with Crippen molar-refractivity contribution in [1.82, 2.24) is 16.0 Å². The summed E-state index contributed by atoms with van der Waals surface area (Å²) in [7, 11) is 0. The molecule has 28 heavy (non-hydrogen) atoms. The number of carbonyl (C=O) groups is 2. The Kier molecular flexibility index (Phi) is 7.01. The molecule has 0 spiro atoms. The van der Waals surface area contributed by atoms with Gasteiger partial charge in [0.1, 0.15) is 0 Å². The normalized spacial score (nSPS) is 20.7. The Labute approximate surface area is 166 Å². The Hall–Kier alpha value is -2.44. The van der Waals surface area contributed by atoms with Gasteiger partial charge in [-0.1, -0.05) is 13.8 Å². The summed E-state index contributed by atoms with van der Waals surface area (Å²) < 4.78 is 10.6. The van der Waals surface area contributed by atoms with Gasteiger partial charge < -0.3 is 25.4 Å². The fourth-order valence-corrected chi connectivity index (χ4v) is 3.61. The maximum absolute atomic E-state index is 12.4. The summed E-state index contributed by atoms with van der Waals surface area (Å²) >= 11 is 0. The van der Waals surface area contributed by atoms with E-state index < -0.39 is 0 Å². The molecule has 0 radical (unpaired) electrons. The van der Waals surface area contributed by atoms with E-state index in [2.05, 4.69) is 29.8 Å². The highest BCUT2D eigenvalue weighted by atomic mass is 16.7. The lowest BCUT2D eigenvalue weighted by molar-refractivity contribution is 0.0940. The SMILES string of the molecule is CC(C)CNC(=O)NCC1CCC(CNC(=O)c2ccc3c(c2)OCO3)CC1. The number of rotatable bonds is 7. The van der Waals surface area contributed by atoms with Crippen LogP contribution in [0.25, 0.3) is 0 Å². The molecule has 1 heterocycles. The molecule has 7 heteroatoms. The van der Waals surface area contributed by atoms with E-state index in [4.69, 9.17) is 9.47 Å². The Bertz CT molecular complexity index is 684. The molecule has 1 aliphatic heterocycles. The van der Waals surface area contributed by atoms with Gasteiger partial charge in [0, 0.05) is 25.2 Å². The number of hydrogen-bond acceptors (Lipinski definition) is 4. The van der Waals surface area contributed by atoms with Gasteiger partial charge in [0.05, 0.1) is 0 Å². The molecule has 3 rings (SSSR count). The predicted molar refractivity (Wildman–Crippen MR) is 107 cm³/mol. The summed E-state index contributed by atoms with van der Waals surface area (Å²) in [5.74, 6) is 2.69. The van der Waals surface area contributed by atoms with Crippen LogP contribution < -0.4 is 25.4 Å². The van der Waals surface area contributed by atoms with Gasteiger partial charge in [0.25, 0.3) is 5.91 Å². The van der Waals surface area contributed by atoms with E-state index in [1.807, 2.05) is 0 Å². The number of hydrogen-bond donors (Lipinski definition) is 3. The monoisotopic (exact) mass is 389 g/mol. The molecule has 0 bridgehead atoms. The molecular formula is C21H31N3O4. The van der Waals surface area contributed by atoms with E-state index in [1.54, 1.807) is 18.2 Å². The van der Waals surface area contributed by atoms with E-state index in [1.165, 1.54) is 0 Å². The van der Waals surface area contributed by atoms with Crippen LogP contribution in [-0.2, 0) is 0 Å². The molecule has 0 atom stereocenters. The third-order valence-electron chi connectivity index (χ3n) is 5.37. The lowest BCUT2D eigenvalue weighted by Crippen LogP contribution is -2.40. The van der Waals surface area contributed by atoms with Crippen molar-refractivity contribution in [3.05, 3.63) is 23.8 Å². The second-order valence-corrected chi connectivity index (χ2v) is 8.15. The first-order chi connectivity index (χ1) is 13.5.